The zero-order valence-corrected chi connectivity index (χ0v) is 14.3. The fourth-order valence-corrected chi connectivity index (χ4v) is 3.29. The number of hydrazine groups is 1. The third-order valence-corrected chi connectivity index (χ3v) is 4.93. The molecule has 0 spiro atoms. The molecule has 7 nitrogen and oxygen atoms in total. The van der Waals surface area contributed by atoms with E-state index in [1.807, 2.05) is 5.43 Å². The van der Waals surface area contributed by atoms with Gasteiger partial charge in [0.25, 0.3) is 0 Å². The van der Waals surface area contributed by atoms with Crippen molar-refractivity contribution in [1.82, 2.24) is 10.4 Å². The van der Waals surface area contributed by atoms with Gasteiger partial charge in [-0.1, -0.05) is 0 Å². The Morgan fingerprint density at radius 2 is 1.50 bits per heavy atom. The minimum atomic E-state index is -4.27. The minimum absolute atomic E-state index is 0.00985. The van der Waals surface area contributed by atoms with Crippen LogP contribution in [-0.2, 0) is 10.0 Å². The molecule has 28 heavy (non-hydrogen) atoms. The van der Waals surface area contributed by atoms with Crippen LogP contribution in [0.3, 0.4) is 0 Å². The number of rotatable bonds is 4. The van der Waals surface area contributed by atoms with E-state index in [1.165, 1.54) is 0 Å². The summed E-state index contributed by atoms with van der Waals surface area (Å²) in [6.07, 6.45) is -1.82. The quantitative estimate of drug-likeness (QED) is 0.109. The van der Waals surface area contributed by atoms with Crippen molar-refractivity contribution in [3.63, 3.8) is 0 Å². The fraction of sp³-hybridized carbons (Fsp3) is 0.0667. The number of aliphatic hydroxyl groups excluding tert-OH is 1. The number of fused-ring (bicyclic) bond motifs is 1. The van der Waals surface area contributed by atoms with Crippen LogP contribution >= 0.6 is 0 Å². The molecule has 0 aliphatic rings. The molecule has 3 rings (SSSR count). The summed E-state index contributed by atoms with van der Waals surface area (Å²) in [5, 5.41) is 14.7. The highest BCUT2D eigenvalue weighted by Gasteiger charge is 2.31. The summed E-state index contributed by atoms with van der Waals surface area (Å²) in [6, 6.07) is 3.04. The van der Waals surface area contributed by atoms with Crippen molar-refractivity contribution in [2.45, 2.75) is 11.1 Å². The average molecular weight is 422 g/mol. The summed E-state index contributed by atoms with van der Waals surface area (Å²) >= 11 is 0. The zero-order valence-electron chi connectivity index (χ0n) is 13.5. The molecule has 3 aromatic rings. The standard InChI is InChI=1S/C15H11F5N4O3S/c16-9-8(10(17)12(19)13(20)11(9)18)7-5-3-4(28(22,26)27)1-2-6(5)23-14(7)15(25)24-21/h1-3,15,23-25H,21H2,(H2,22,26,27). The molecule has 2 aromatic carbocycles. The van der Waals surface area contributed by atoms with Crippen LogP contribution in [0.4, 0.5) is 22.0 Å². The molecule has 0 saturated heterocycles. The predicted octanol–water partition coefficient (Wildman–Crippen LogP) is 1.63. The zero-order chi connectivity index (χ0) is 21.0. The maximum atomic E-state index is 14.4. The Morgan fingerprint density at radius 1 is 0.964 bits per heavy atom. The van der Waals surface area contributed by atoms with E-state index in [2.05, 4.69) is 4.98 Å². The van der Waals surface area contributed by atoms with Crippen LogP contribution < -0.4 is 16.4 Å². The van der Waals surface area contributed by atoms with E-state index in [0.29, 0.717) is 0 Å². The number of H-pyrrole nitrogens is 1. The van der Waals surface area contributed by atoms with E-state index >= 15 is 0 Å². The molecule has 7 N–H and O–H groups in total. The van der Waals surface area contributed by atoms with Crippen molar-refractivity contribution < 1.29 is 35.5 Å². The van der Waals surface area contributed by atoms with Crippen LogP contribution in [0.5, 0.6) is 0 Å². The van der Waals surface area contributed by atoms with Crippen molar-refractivity contribution in [1.29, 1.82) is 0 Å². The van der Waals surface area contributed by atoms with Gasteiger partial charge in [0, 0.05) is 16.5 Å². The molecule has 150 valence electrons. The van der Waals surface area contributed by atoms with Gasteiger partial charge in [0.05, 0.1) is 16.2 Å². The van der Waals surface area contributed by atoms with E-state index in [0.717, 1.165) is 18.2 Å². The molecule has 0 fully saturated rings. The molecule has 13 heteroatoms. The summed E-state index contributed by atoms with van der Waals surface area (Å²) in [4.78, 5) is 2.01. The van der Waals surface area contributed by atoms with Gasteiger partial charge in [0.2, 0.25) is 15.8 Å². The lowest BCUT2D eigenvalue weighted by atomic mass is 9.99. The number of aliphatic hydroxyl groups is 1. The maximum absolute atomic E-state index is 14.4. The highest BCUT2D eigenvalue weighted by Crippen LogP contribution is 2.40. The van der Waals surface area contributed by atoms with Gasteiger partial charge in [-0.05, 0) is 18.2 Å². The summed E-state index contributed by atoms with van der Waals surface area (Å²) in [5.74, 6) is -6.06. The highest BCUT2D eigenvalue weighted by atomic mass is 32.2. The van der Waals surface area contributed by atoms with Crippen molar-refractivity contribution in [2.75, 3.05) is 0 Å². The van der Waals surface area contributed by atoms with Crippen LogP contribution in [0.15, 0.2) is 23.1 Å². The lowest BCUT2D eigenvalue weighted by Crippen LogP contribution is -2.28. The van der Waals surface area contributed by atoms with Crippen LogP contribution in [0.2, 0.25) is 0 Å². The first-order chi connectivity index (χ1) is 13.0. The van der Waals surface area contributed by atoms with Gasteiger partial charge in [-0.3, -0.25) is 5.84 Å². The third-order valence-electron chi connectivity index (χ3n) is 4.02. The topological polar surface area (TPSA) is 134 Å². The highest BCUT2D eigenvalue weighted by molar-refractivity contribution is 7.89. The first kappa shape index (κ1) is 20.2. The Labute approximate surface area is 153 Å². The number of sulfonamides is 1. The number of aromatic amines is 1. The Morgan fingerprint density at radius 3 is 2.00 bits per heavy atom. The van der Waals surface area contributed by atoms with Crippen LogP contribution in [0.25, 0.3) is 22.0 Å². The lowest BCUT2D eigenvalue weighted by molar-refractivity contribution is 0.137. The second kappa shape index (κ2) is 6.79. The molecule has 1 unspecified atom stereocenters. The molecule has 0 bridgehead atoms. The van der Waals surface area contributed by atoms with Crippen molar-refractivity contribution in [2.24, 2.45) is 11.0 Å². The number of hydrogen-bond acceptors (Lipinski definition) is 5. The van der Waals surface area contributed by atoms with Crippen LogP contribution in [0, 0.1) is 29.1 Å². The summed E-state index contributed by atoms with van der Waals surface area (Å²) < 4.78 is 92.6. The minimum Gasteiger partial charge on any atom is -0.372 e. The molecule has 0 aliphatic heterocycles. The van der Waals surface area contributed by atoms with E-state index < -0.39 is 67.1 Å². The van der Waals surface area contributed by atoms with Gasteiger partial charge in [-0.25, -0.2) is 40.9 Å². The van der Waals surface area contributed by atoms with E-state index in [9.17, 15) is 35.5 Å². The van der Waals surface area contributed by atoms with E-state index in [-0.39, 0.29) is 10.9 Å². The number of aromatic nitrogens is 1. The second-order valence-electron chi connectivity index (χ2n) is 5.68. The largest absolute Gasteiger partial charge is 0.372 e. The number of halogens is 5. The van der Waals surface area contributed by atoms with E-state index in [1.54, 1.807) is 0 Å². The first-order valence-electron chi connectivity index (χ1n) is 7.33. The van der Waals surface area contributed by atoms with E-state index in [4.69, 9.17) is 11.0 Å². The van der Waals surface area contributed by atoms with Crippen molar-refractivity contribution >= 4 is 20.9 Å². The maximum Gasteiger partial charge on any atom is 0.238 e. The smallest absolute Gasteiger partial charge is 0.238 e. The molecular formula is C15H11F5N4O3S. The average Bonchev–Trinajstić information content (AvgIpc) is 3.02. The number of hydrogen-bond donors (Lipinski definition) is 5. The predicted molar refractivity (Wildman–Crippen MR) is 87.2 cm³/mol. The van der Waals surface area contributed by atoms with Crippen LogP contribution in [0.1, 0.15) is 11.9 Å². The van der Waals surface area contributed by atoms with Gasteiger partial charge in [-0.15, -0.1) is 0 Å². The molecular weight excluding hydrogens is 411 g/mol. The second-order valence-corrected chi connectivity index (χ2v) is 7.24. The number of primary sulfonamides is 1. The Kier molecular flexibility index (Phi) is 4.89. The molecule has 1 heterocycles. The normalized spacial score (nSPS) is 13.3. The molecule has 0 saturated carbocycles. The third kappa shape index (κ3) is 3.02. The number of nitrogens with one attached hydrogen (secondary N) is 2. The van der Waals surface area contributed by atoms with Gasteiger partial charge in [-0.2, -0.15) is 0 Å². The lowest BCUT2D eigenvalue weighted by Gasteiger charge is -2.13. The number of benzene rings is 2. The van der Waals surface area contributed by atoms with Gasteiger partial charge >= 0.3 is 0 Å². The Hall–Kier alpha value is -2.58. The Bertz CT molecular complexity index is 1180. The molecule has 0 amide bonds. The summed E-state index contributed by atoms with van der Waals surface area (Å²) in [5.41, 5.74) is -0.662. The van der Waals surface area contributed by atoms with Crippen LogP contribution in [-0.4, -0.2) is 18.5 Å². The molecule has 1 aromatic heterocycles. The first-order valence-corrected chi connectivity index (χ1v) is 8.88. The summed E-state index contributed by atoms with van der Waals surface area (Å²) in [6.45, 7) is 0. The SMILES string of the molecule is NNC(O)c1[nH]c2ccc(S(N)(=O)=O)cc2c1-c1c(F)c(F)c(F)c(F)c1F. The monoisotopic (exact) mass is 422 g/mol. The molecule has 0 aliphatic carbocycles. The number of nitrogens with two attached hydrogens (primary N) is 2. The van der Waals surface area contributed by atoms with Gasteiger partial charge < -0.3 is 10.1 Å². The van der Waals surface area contributed by atoms with Gasteiger partial charge in [0.15, 0.2) is 29.5 Å². The molecule has 0 radical (unpaired) electrons. The van der Waals surface area contributed by atoms with Gasteiger partial charge in [0.1, 0.15) is 0 Å². The van der Waals surface area contributed by atoms with Crippen molar-refractivity contribution in [3.8, 4) is 11.1 Å². The molecule has 1 atom stereocenters. The summed E-state index contributed by atoms with van der Waals surface area (Å²) in [7, 11) is -4.27. The fourth-order valence-electron chi connectivity index (χ4n) is 2.75. The van der Waals surface area contributed by atoms with Crippen molar-refractivity contribution in [3.05, 3.63) is 53.0 Å². The Balaban J connectivity index is 2.52.